The number of carboxylic acid groups (broad SMARTS) is 1. The monoisotopic (exact) mass is 583 g/mol. The van der Waals surface area contributed by atoms with Crippen LogP contribution in [0.3, 0.4) is 0 Å². The van der Waals surface area contributed by atoms with E-state index in [1.165, 1.54) is 6.20 Å². The van der Waals surface area contributed by atoms with Crippen molar-refractivity contribution in [3.8, 4) is 0 Å². The summed E-state index contributed by atoms with van der Waals surface area (Å²) in [5.74, 6) is -1.53. The number of nitrogens with zero attached hydrogens (tertiary/aromatic N) is 3. The van der Waals surface area contributed by atoms with Crippen LogP contribution in [0.5, 0.6) is 0 Å². The highest BCUT2D eigenvalue weighted by molar-refractivity contribution is 6.01. The molecule has 2 aliphatic rings. The summed E-state index contributed by atoms with van der Waals surface area (Å²) in [7, 11) is 0. The van der Waals surface area contributed by atoms with E-state index in [9.17, 15) is 24.3 Å². The van der Waals surface area contributed by atoms with Crippen LogP contribution >= 0.6 is 0 Å². The van der Waals surface area contributed by atoms with Crippen molar-refractivity contribution < 1.29 is 24.3 Å². The van der Waals surface area contributed by atoms with Crippen LogP contribution in [0.2, 0.25) is 0 Å². The molecule has 2 fully saturated rings. The van der Waals surface area contributed by atoms with Crippen LogP contribution in [-0.4, -0.2) is 64.9 Å². The third kappa shape index (κ3) is 7.77. The van der Waals surface area contributed by atoms with E-state index >= 15 is 0 Å². The average Bonchev–Trinajstić information content (AvgIpc) is 3.23. The molecule has 43 heavy (non-hydrogen) atoms. The number of rotatable bonds is 10. The zero-order chi connectivity index (χ0) is 30.2. The minimum Gasteiger partial charge on any atom is -0.481 e. The van der Waals surface area contributed by atoms with Crippen LogP contribution < -0.4 is 15.5 Å². The van der Waals surface area contributed by atoms with E-state index in [1.807, 2.05) is 41.3 Å². The Hall–Kier alpha value is -4.73. The number of pyridine rings is 1. The fourth-order valence-electron chi connectivity index (χ4n) is 5.50. The highest BCUT2D eigenvalue weighted by Gasteiger charge is 2.28. The van der Waals surface area contributed by atoms with Crippen LogP contribution in [0.15, 0.2) is 73.1 Å². The third-order valence-electron chi connectivity index (χ3n) is 8.15. The molecule has 2 aromatic carbocycles. The van der Waals surface area contributed by atoms with Gasteiger partial charge in [-0.25, -0.2) is 0 Å². The second-order valence-electron chi connectivity index (χ2n) is 11.1. The largest absolute Gasteiger partial charge is 0.481 e. The summed E-state index contributed by atoms with van der Waals surface area (Å²) in [6.45, 7) is 2.46. The third-order valence-corrected chi connectivity index (χ3v) is 8.15. The lowest BCUT2D eigenvalue weighted by Gasteiger charge is -2.29. The van der Waals surface area contributed by atoms with Crippen LogP contribution in [0.4, 0.5) is 11.4 Å². The molecular weight excluding hydrogens is 546 g/mol. The standard InChI is InChI=1S/C33H37N5O5/c39-30(19-23-7-2-1-3-8-23)38-16-6-15-37(17-18-38)29-13-12-25(20-28(29)36-32(42)24-9-4-10-24)33(43)35-27(21-31(40)41)26-11-5-14-34-22-26/h1-3,5,7-8,11-14,20,22,24,27H,4,6,9-10,15-19,21H2,(H,35,43)(H,36,42)(H,40,41). The van der Waals surface area contributed by atoms with Gasteiger partial charge < -0.3 is 25.5 Å². The van der Waals surface area contributed by atoms with Gasteiger partial charge in [0, 0.05) is 50.1 Å². The molecule has 1 saturated heterocycles. The predicted molar refractivity (Wildman–Crippen MR) is 163 cm³/mol. The Morgan fingerprint density at radius 3 is 2.44 bits per heavy atom. The molecule has 3 N–H and O–H groups in total. The van der Waals surface area contributed by atoms with Crippen molar-refractivity contribution in [1.82, 2.24) is 15.2 Å². The zero-order valence-electron chi connectivity index (χ0n) is 24.1. The number of carboxylic acids is 1. The molecule has 0 bridgehead atoms. The molecule has 1 unspecified atom stereocenters. The number of carbonyl (C=O) groups excluding carboxylic acids is 3. The molecule has 1 saturated carbocycles. The minimum absolute atomic E-state index is 0.0499. The van der Waals surface area contributed by atoms with Crippen LogP contribution in [0.1, 0.15) is 59.6 Å². The first-order valence-electron chi connectivity index (χ1n) is 14.8. The molecule has 10 nitrogen and oxygen atoms in total. The van der Waals surface area contributed by atoms with Crippen molar-refractivity contribution in [2.45, 2.75) is 44.6 Å². The minimum atomic E-state index is -1.05. The van der Waals surface area contributed by atoms with Crippen LogP contribution in [0.25, 0.3) is 0 Å². The maximum Gasteiger partial charge on any atom is 0.305 e. The SMILES string of the molecule is O=C(O)CC(NC(=O)c1ccc(N2CCCN(C(=O)Cc3ccccc3)CC2)c(NC(=O)C2CCC2)c1)c1cccnc1. The summed E-state index contributed by atoms with van der Waals surface area (Å²) < 4.78 is 0. The highest BCUT2D eigenvalue weighted by Crippen LogP contribution is 2.32. The van der Waals surface area contributed by atoms with Crippen molar-refractivity contribution in [3.63, 3.8) is 0 Å². The average molecular weight is 584 g/mol. The molecule has 2 heterocycles. The first-order chi connectivity index (χ1) is 20.9. The molecule has 0 spiro atoms. The summed E-state index contributed by atoms with van der Waals surface area (Å²) in [6.07, 6.45) is 6.64. The maximum absolute atomic E-state index is 13.4. The van der Waals surface area contributed by atoms with Gasteiger partial charge in [0.05, 0.1) is 30.3 Å². The summed E-state index contributed by atoms with van der Waals surface area (Å²) in [5, 5.41) is 15.3. The number of aliphatic carboxylic acids is 1. The van der Waals surface area contributed by atoms with Crippen molar-refractivity contribution >= 4 is 35.1 Å². The van der Waals surface area contributed by atoms with E-state index < -0.39 is 17.9 Å². The molecule has 1 atom stereocenters. The van der Waals surface area contributed by atoms with Gasteiger partial charge in [-0.3, -0.25) is 24.2 Å². The van der Waals surface area contributed by atoms with Crippen molar-refractivity contribution in [2.75, 3.05) is 36.4 Å². The number of benzene rings is 2. The number of aromatic nitrogens is 1. The number of nitrogens with one attached hydrogen (secondary N) is 2. The Kier molecular flexibility index (Phi) is 9.66. The van der Waals surface area contributed by atoms with E-state index in [-0.39, 0.29) is 24.2 Å². The van der Waals surface area contributed by atoms with Gasteiger partial charge in [-0.2, -0.15) is 0 Å². The number of hydrogen-bond acceptors (Lipinski definition) is 6. The molecule has 1 aromatic heterocycles. The number of carbonyl (C=O) groups is 4. The van der Waals surface area contributed by atoms with Crippen molar-refractivity contribution in [2.24, 2.45) is 5.92 Å². The Bertz CT molecular complexity index is 1440. The molecule has 0 radical (unpaired) electrons. The van der Waals surface area contributed by atoms with Crippen LogP contribution in [-0.2, 0) is 20.8 Å². The predicted octanol–water partition coefficient (Wildman–Crippen LogP) is 4.05. The Balaban J connectivity index is 1.33. The summed E-state index contributed by atoms with van der Waals surface area (Å²) >= 11 is 0. The van der Waals surface area contributed by atoms with Gasteiger partial charge in [-0.1, -0.05) is 42.8 Å². The van der Waals surface area contributed by atoms with Gasteiger partial charge in [0.25, 0.3) is 5.91 Å². The molecule has 5 rings (SSSR count). The van der Waals surface area contributed by atoms with Gasteiger partial charge >= 0.3 is 5.97 Å². The van der Waals surface area contributed by atoms with Crippen molar-refractivity contribution in [1.29, 1.82) is 0 Å². The van der Waals surface area contributed by atoms with Gasteiger partial charge in [-0.15, -0.1) is 0 Å². The lowest BCUT2D eigenvalue weighted by Crippen LogP contribution is -2.36. The summed E-state index contributed by atoms with van der Waals surface area (Å²) in [5.41, 5.74) is 3.20. The topological polar surface area (TPSA) is 132 Å². The fraction of sp³-hybridized carbons (Fsp3) is 0.364. The Labute approximate surface area is 251 Å². The smallest absolute Gasteiger partial charge is 0.305 e. The Morgan fingerprint density at radius 1 is 0.930 bits per heavy atom. The maximum atomic E-state index is 13.4. The van der Waals surface area contributed by atoms with E-state index in [0.717, 1.165) is 36.9 Å². The zero-order valence-corrected chi connectivity index (χ0v) is 24.1. The summed E-state index contributed by atoms with van der Waals surface area (Å²) in [4.78, 5) is 59.0. The van der Waals surface area contributed by atoms with E-state index in [4.69, 9.17) is 0 Å². The molecule has 1 aliphatic heterocycles. The second-order valence-corrected chi connectivity index (χ2v) is 11.1. The number of anilines is 2. The second kappa shape index (κ2) is 14.0. The molecule has 1 aliphatic carbocycles. The molecule has 3 aromatic rings. The number of amides is 3. The number of hydrogen-bond donors (Lipinski definition) is 3. The highest BCUT2D eigenvalue weighted by atomic mass is 16.4. The molecule has 224 valence electrons. The van der Waals surface area contributed by atoms with E-state index in [2.05, 4.69) is 20.5 Å². The van der Waals surface area contributed by atoms with E-state index in [0.29, 0.717) is 49.4 Å². The van der Waals surface area contributed by atoms with E-state index in [1.54, 1.807) is 30.5 Å². The Morgan fingerprint density at radius 2 is 1.74 bits per heavy atom. The van der Waals surface area contributed by atoms with Crippen LogP contribution in [0, 0.1) is 5.92 Å². The quantitative estimate of drug-likeness (QED) is 0.328. The molecular formula is C33H37N5O5. The van der Waals surface area contributed by atoms with Gasteiger partial charge in [0.15, 0.2) is 0 Å². The molecule has 10 heteroatoms. The first kappa shape index (κ1) is 29.8. The fourth-order valence-corrected chi connectivity index (χ4v) is 5.50. The lowest BCUT2D eigenvalue weighted by molar-refractivity contribution is -0.137. The van der Waals surface area contributed by atoms with Crippen molar-refractivity contribution in [3.05, 3.63) is 89.7 Å². The molecule has 3 amide bonds. The first-order valence-corrected chi connectivity index (χ1v) is 14.8. The van der Waals surface area contributed by atoms with Gasteiger partial charge in [0.1, 0.15) is 0 Å². The normalized spacial score (nSPS) is 16.0. The van der Waals surface area contributed by atoms with Gasteiger partial charge in [0.2, 0.25) is 11.8 Å². The summed E-state index contributed by atoms with van der Waals surface area (Å²) in [6, 6.07) is 17.5. The van der Waals surface area contributed by atoms with Gasteiger partial charge in [-0.05, 0) is 54.7 Å². The lowest BCUT2D eigenvalue weighted by atomic mass is 9.85.